The molecular formula is C12H16F2O. The van der Waals surface area contributed by atoms with Gasteiger partial charge < -0.3 is 0 Å². The summed E-state index contributed by atoms with van der Waals surface area (Å²) in [6.07, 6.45) is 3.92. The number of alkyl halides is 2. The van der Waals surface area contributed by atoms with E-state index in [1.807, 2.05) is 13.8 Å². The summed E-state index contributed by atoms with van der Waals surface area (Å²) in [6, 6.07) is 0. The van der Waals surface area contributed by atoms with E-state index in [-0.39, 0.29) is 16.9 Å². The molecule has 0 spiro atoms. The molecule has 1 aliphatic rings. The first-order valence-electron chi connectivity index (χ1n) is 5.36. The molecule has 0 aliphatic heterocycles. The van der Waals surface area contributed by atoms with Crippen LogP contribution < -0.4 is 0 Å². The third-order valence-electron chi connectivity index (χ3n) is 2.36. The average molecular weight is 214 g/mol. The Kier molecular flexibility index (Phi) is 3.77. The SMILES string of the molecule is CCCC1=CC(F)(F)C=C(CCC)C1=O. The van der Waals surface area contributed by atoms with E-state index in [0.717, 1.165) is 12.2 Å². The van der Waals surface area contributed by atoms with Crippen molar-refractivity contribution < 1.29 is 13.6 Å². The van der Waals surface area contributed by atoms with Gasteiger partial charge in [0.15, 0.2) is 5.78 Å². The van der Waals surface area contributed by atoms with Crippen molar-refractivity contribution in [2.45, 2.75) is 45.5 Å². The molecule has 0 N–H and O–H groups in total. The van der Waals surface area contributed by atoms with Crippen molar-refractivity contribution in [2.75, 3.05) is 0 Å². The molecule has 0 amide bonds. The summed E-state index contributed by atoms with van der Waals surface area (Å²) in [6.45, 7) is 3.76. The van der Waals surface area contributed by atoms with Crippen LogP contribution in [0.15, 0.2) is 23.3 Å². The highest BCUT2D eigenvalue weighted by Crippen LogP contribution is 2.31. The van der Waals surface area contributed by atoms with Crippen LogP contribution in [0.4, 0.5) is 8.78 Å². The minimum atomic E-state index is -2.94. The zero-order valence-corrected chi connectivity index (χ0v) is 9.15. The molecule has 3 heteroatoms. The van der Waals surface area contributed by atoms with Crippen LogP contribution >= 0.6 is 0 Å². The number of allylic oxidation sites excluding steroid dienone is 4. The van der Waals surface area contributed by atoms with Crippen LogP contribution in [0.1, 0.15) is 39.5 Å². The molecule has 0 bridgehead atoms. The third kappa shape index (κ3) is 2.98. The smallest absolute Gasteiger partial charge is 0.286 e. The Morgan fingerprint density at radius 1 is 1.07 bits per heavy atom. The van der Waals surface area contributed by atoms with Crippen LogP contribution in [-0.4, -0.2) is 11.7 Å². The number of hydrogen-bond acceptors (Lipinski definition) is 1. The normalized spacial score (nSPS) is 19.9. The second-order valence-corrected chi connectivity index (χ2v) is 3.84. The maximum atomic E-state index is 13.2. The van der Waals surface area contributed by atoms with Gasteiger partial charge in [-0.15, -0.1) is 0 Å². The molecular weight excluding hydrogens is 198 g/mol. The first-order valence-corrected chi connectivity index (χ1v) is 5.36. The predicted octanol–water partition coefficient (Wildman–Crippen LogP) is 3.66. The Morgan fingerprint density at radius 3 is 1.80 bits per heavy atom. The first kappa shape index (κ1) is 12.1. The molecule has 0 radical (unpaired) electrons. The Balaban J connectivity index is 2.94. The summed E-state index contributed by atoms with van der Waals surface area (Å²) in [5.41, 5.74) is 0.543. The Morgan fingerprint density at radius 2 is 1.47 bits per heavy atom. The van der Waals surface area contributed by atoms with Crippen molar-refractivity contribution in [3.8, 4) is 0 Å². The van der Waals surface area contributed by atoms with Gasteiger partial charge in [-0.1, -0.05) is 26.7 Å². The zero-order valence-electron chi connectivity index (χ0n) is 9.15. The second-order valence-electron chi connectivity index (χ2n) is 3.84. The van der Waals surface area contributed by atoms with Crippen LogP contribution in [0.2, 0.25) is 0 Å². The molecule has 0 atom stereocenters. The molecule has 15 heavy (non-hydrogen) atoms. The van der Waals surface area contributed by atoms with Gasteiger partial charge in [0.2, 0.25) is 0 Å². The van der Waals surface area contributed by atoms with E-state index in [1.165, 1.54) is 0 Å². The van der Waals surface area contributed by atoms with Gasteiger partial charge in [0, 0.05) is 11.1 Å². The molecule has 0 unspecified atom stereocenters. The van der Waals surface area contributed by atoms with Crippen molar-refractivity contribution in [3.05, 3.63) is 23.3 Å². The molecule has 0 heterocycles. The fraction of sp³-hybridized carbons (Fsp3) is 0.583. The fourth-order valence-corrected chi connectivity index (χ4v) is 1.75. The van der Waals surface area contributed by atoms with Crippen LogP contribution in [0.25, 0.3) is 0 Å². The minimum absolute atomic E-state index is 0.190. The topological polar surface area (TPSA) is 17.1 Å². The lowest BCUT2D eigenvalue weighted by Gasteiger charge is -2.19. The van der Waals surface area contributed by atoms with Crippen LogP contribution in [0.3, 0.4) is 0 Å². The molecule has 0 saturated carbocycles. The maximum absolute atomic E-state index is 13.2. The lowest BCUT2D eigenvalue weighted by molar-refractivity contribution is -0.113. The Labute approximate surface area is 88.9 Å². The van der Waals surface area contributed by atoms with E-state index in [2.05, 4.69) is 0 Å². The van der Waals surface area contributed by atoms with E-state index in [9.17, 15) is 13.6 Å². The molecule has 1 nitrogen and oxygen atoms in total. The lowest BCUT2D eigenvalue weighted by atomic mass is 9.90. The number of hydrogen-bond donors (Lipinski definition) is 0. The summed E-state index contributed by atoms with van der Waals surface area (Å²) in [5, 5.41) is 0. The van der Waals surface area contributed by atoms with Crippen molar-refractivity contribution >= 4 is 5.78 Å². The molecule has 1 rings (SSSR count). The maximum Gasteiger partial charge on any atom is 0.286 e. The predicted molar refractivity (Wildman–Crippen MR) is 55.9 cm³/mol. The van der Waals surface area contributed by atoms with Gasteiger partial charge in [-0.2, -0.15) is 8.78 Å². The summed E-state index contributed by atoms with van der Waals surface area (Å²) in [4.78, 5) is 11.7. The van der Waals surface area contributed by atoms with Gasteiger partial charge in [0.05, 0.1) is 0 Å². The van der Waals surface area contributed by atoms with Gasteiger partial charge in [-0.25, -0.2) is 0 Å². The molecule has 0 aromatic heterocycles. The highest BCUT2D eigenvalue weighted by atomic mass is 19.3. The molecule has 1 aliphatic carbocycles. The first-order chi connectivity index (χ1) is 7.00. The van der Waals surface area contributed by atoms with Crippen LogP contribution in [0, 0.1) is 0 Å². The molecule has 84 valence electrons. The molecule has 0 fully saturated rings. The number of carbonyl (C=O) groups is 1. The fourth-order valence-electron chi connectivity index (χ4n) is 1.75. The van der Waals surface area contributed by atoms with Gasteiger partial charge in [-0.05, 0) is 25.0 Å². The zero-order chi connectivity index (χ0) is 11.5. The number of ketones is 1. The summed E-state index contributed by atoms with van der Waals surface area (Å²) in [5.74, 6) is -3.13. The van der Waals surface area contributed by atoms with E-state index in [0.29, 0.717) is 25.7 Å². The van der Waals surface area contributed by atoms with Gasteiger partial charge in [-0.3, -0.25) is 4.79 Å². The summed E-state index contributed by atoms with van der Waals surface area (Å²) < 4.78 is 26.4. The molecule has 0 saturated heterocycles. The van der Waals surface area contributed by atoms with E-state index in [1.54, 1.807) is 0 Å². The number of Topliss-reactive ketones (excluding diaryl/α,β-unsaturated/α-hetero) is 1. The van der Waals surface area contributed by atoms with E-state index < -0.39 is 5.92 Å². The monoisotopic (exact) mass is 214 g/mol. The minimum Gasteiger partial charge on any atom is -0.289 e. The number of halogens is 2. The Bertz CT molecular complexity index is 286. The van der Waals surface area contributed by atoms with E-state index in [4.69, 9.17) is 0 Å². The van der Waals surface area contributed by atoms with Crippen molar-refractivity contribution in [1.82, 2.24) is 0 Å². The molecule has 0 aromatic rings. The van der Waals surface area contributed by atoms with Crippen molar-refractivity contribution in [2.24, 2.45) is 0 Å². The Hall–Kier alpha value is -0.990. The lowest BCUT2D eigenvalue weighted by Crippen LogP contribution is -2.21. The van der Waals surface area contributed by atoms with E-state index >= 15 is 0 Å². The number of rotatable bonds is 4. The van der Waals surface area contributed by atoms with Crippen molar-refractivity contribution in [1.29, 1.82) is 0 Å². The van der Waals surface area contributed by atoms with Gasteiger partial charge in [0.25, 0.3) is 5.92 Å². The van der Waals surface area contributed by atoms with Crippen molar-refractivity contribution in [3.63, 3.8) is 0 Å². The quantitative estimate of drug-likeness (QED) is 0.698. The third-order valence-corrected chi connectivity index (χ3v) is 2.36. The summed E-state index contributed by atoms with van der Waals surface area (Å²) in [7, 11) is 0. The highest BCUT2D eigenvalue weighted by molar-refractivity contribution is 6.09. The molecule has 0 aromatic carbocycles. The van der Waals surface area contributed by atoms with Gasteiger partial charge in [0.1, 0.15) is 0 Å². The number of carbonyl (C=O) groups excluding carboxylic acids is 1. The van der Waals surface area contributed by atoms with Gasteiger partial charge >= 0.3 is 0 Å². The van der Waals surface area contributed by atoms with Crippen LogP contribution in [0.5, 0.6) is 0 Å². The summed E-state index contributed by atoms with van der Waals surface area (Å²) >= 11 is 0. The highest BCUT2D eigenvalue weighted by Gasteiger charge is 2.32. The standard InChI is InChI=1S/C12H16F2O/c1-3-5-9-7-12(13,14)8-10(6-4-2)11(9)15/h7-8H,3-6H2,1-2H3. The average Bonchev–Trinajstić information content (AvgIpc) is 2.13. The second kappa shape index (κ2) is 4.69. The van der Waals surface area contributed by atoms with Crippen LogP contribution in [-0.2, 0) is 4.79 Å². The largest absolute Gasteiger partial charge is 0.289 e.